The molecule has 3 aromatic rings. The van der Waals surface area contributed by atoms with Crippen LogP contribution in [0.5, 0.6) is 0 Å². The first-order valence-electron chi connectivity index (χ1n) is 10.4. The number of Topliss-reactive ketones (excluding diaryl/α,β-unsaturated/α-hetero) is 1. The highest BCUT2D eigenvalue weighted by molar-refractivity contribution is 6.30. The molecule has 1 amide bonds. The Bertz CT molecular complexity index is 1270. The van der Waals surface area contributed by atoms with Gasteiger partial charge in [0.05, 0.1) is 24.6 Å². The van der Waals surface area contributed by atoms with Crippen molar-refractivity contribution in [3.05, 3.63) is 75.2 Å². The molecular formula is C23H22ClF3N4O4. The molecule has 186 valence electrons. The number of benzene rings is 2. The third kappa shape index (κ3) is 6.37. The van der Waals surface area contributed by atoms with E-state index < -0.39 is 48.0 Å². The van der Waals surface area contributed by atoms with Gasteiger partial charge in [-0.05, 0) is 35.9 Å². The van der Waals surface area contributed by atoms with Crippen molar-refractivity contribution in [2.45, 2.75) is 31.6 Å². The predicted molar refractivity (Wildman–Crippen MR) is 122 cm³/mol. The summed E-state index contributed by atoms with van der Waals surface area (Å²) in [7, 11) is 1.47. The van der Waals surface area contributed by atoms with E-state index in [-0.39, 0.29) is 24.5 Å². The maximum Gasteiger partial charge on any atom is 0.416 e. The van der Waals surface area contributed by atoms with Crippen molar-refractivity contribution < 1.29 is 27.5 Å². The lowest BCUT2D eigenvalue weighted by atomic mass is 9.91. The smallest absolute Gasteiger partial charge is 0.383 e. The highest BCUT2D eigenvalue weighted by Crippen LogP contribution is 2.32. The number of alkyl halides is 3. The second kappa shape index (κ2) is 10.9. The monoisotopic (exact) mass is 510 g/mol. The third-order valence-corrected chi connectivity index (χ3v) is 5.51. The van der Waals surface area contributed by atoms with Crippen LogP contribution in [0.2, 0.25) is 5.02 Å². The Morgan fingerprint density at radius 3 is 2.46 bits per heavy atom. The van der Waals surface area contributed by atoms with Gasteiger partial charge >= 0.3 is 11.9 Å². The minimum Gasteiger partial charge on any atom is -0.383 e. The van der Waals surface area contributed by atoms with E-state index >= 15 is 0 Å². The minimum absolute atomic E-state index is 0.0412. The fraction of sp³-hybridized carbons (Fsp3) is 0.304. The van der Waals surface area contributed by atoms with Crippen molar-refractivity contribution in [1.82, 2.24) is 14.3 Å². The second-order valence-corrected chi connectivity index (χ2v) is 8.17. The number of rotatable bonds is 10. The molecule has 1 atom stereocenters. The van der Waals surface area contributed by atoms with Crippen LogP contribution in [-0.4, -0.2) is 39.8 Å². The van der Waals surface area contributed by atoms with Crippen molar-refractivity contribution in [2.24, 2.45) is 5.73 Å². The SMILES string of the molecule is COCCn1c(-c2ccc(Cl)cc2)nn(CC(=O)CC(C(N)=O)c2cccc(C(F)(F)F)c2)c1=O. The van der Waals surface area contributed by atoms with Gasteiger partial charge < -0.3 is 10.5 Å². The number of carbonyl (C=O) groups is 2. The molecule has 0 aliphatic rings. The molecule has 8 nitrogen and oxygen atoms in total. The van der Waals surface area contributed by atoms with Gasteiger partial charge in [0.15, 0.2) is 11.6 Å². The van der Waals surface area contributed by atoms with Gasteiger partial charge in [-0.2, -0.15) is 13.2 Å². The van der Waals surface area contributed by atoms with Crippen molar-refractivity contribution >= 4 is 23.3 Å². The average molecular weight is 511 g/mol. The number of halogens is 4. The Hall–Kier alpha value is -3.44. The standard InChI is InChI=1S/C23H22ClF3N4O4/c1-35-10-9-30-21(14-5-7-17(24)8-6-14)29-31(22(30)34)13-18(32)12-19(20(28)33)15-3-2-4-16(11-15)23(25,26)27/h2-8,11,19H,9-10,12-13H2,1H3,(H2,28,33). The van der Waals surface area contributed by atoms with Gasteiger partial charge in [-0.1, -0.05) is 29.8 Å². The summed E-state index contributed by atoms with van der Waals surface area (Å²) in [5.41, 5.74) is 4.37. The molecule has 12 heteroatoms. The molecule has 0 aliphatic carbocycles. The van der Waals surface area contributed by atoms with E-state index in [1.807, 2.05) is 0 Å². The zero-order valence-electron chi connectivity index (χ0n) is 18.6. The number of primary amides is 1. The average Bonchev–Trinajstić information content (AvgIpc) is 3.10. The van der Waals surface area contributed by atoms with Gasteiger partial charge in [-0.25, -0.2) is 9.48 Å². The molecule has 3 rings (SSSR count). The number of hydrogen-bond donors (Lipinski definition) is 1. The number of aromatic nitrogens is 3. The number of carbonyl (C=O) groups excluding carboxylic acids is 2. The van der Waals surface area contributed by atoms with Gasteiger partial charge in [0.1, 0.15) is 6.54 Å². The van der Waals surface area contributed by atoms with E-state index in [9.17, 15) is 27.6 Å². The minimum atomic E-state index is -4.62. The lowest BCUT2D eigenvalue weighted by Gasteiger charge is -2.15. The number of ether oxygens (including phenoxy) is 1. The molecule has 0 spiro atoms. The topological polar surface area (TPSA) is 109 Å². The van der Waals surface area contributed by atoms with E-state index in [0.29, 0.717) is 10.6 Å². The summed E-state index contributed by atoms with van der Waals surface area (Å²) in [6, 6.07) is 10.6. The maximum atomic E-state index is 13.1. The van der Waals surface area contributed by atoms with Crippen LogP contribution >= 0.6 is 11.6 Å². The molecular weight excluding hydrogens is 489 g/mol. The van der Waals surface area contributed by atoms with Crippen molar-refractivity contribution in [3.8, 4) is 11.4 Å². The molecule has 1 heterocycles. The lowest BCUT2D eigenvalue weighted by molar-refractivity contribution is -0.137. The van der Waals surface area contributed by atoms with E-state index in [2.05, 4.69) is 5.10 Å². The summed E-state index contributed by atoms with van der Waals surface area (Å²) in [4.78, 5) is 37.7. The Kier molecular flexibility index (Phi) is 8.13. The number of ketones is 1. The zero-order chi connectivity index (χ0) is 25.8. The van der Waals surface area contributed by atoms with Crippen molar-refractivity contribution in [3.63, 3.8) is 0 Å². The highest BCUT2D eigenvalue weighted by atomic mass is 35.5. The largest absolute Gasteiger partial charge is 0.416 e. The molecule has 1 unspecified atom stereocenters. The van der Waals surface area contributed by atoms with Gasteiger partial charge in [-0.3, -0.25) is 14.2 Å². The van der Waals surface area contributed by atoms with E-state index in [4.69, 9.17) is 22.1 Å². The van der Waals surface area contributed by atoms with Crippen LogP contribution in [0.4, 0.5) is 13.2 Å². The Morgan fingerprint density at radius 1 is 1.17 bits per heavy atom. The molecule has 0 fully saturated rings. The first-order chi connectivity index (χ1) is 16.5. The predicted octanol–water partition coefficient (Wildman–Crippen LogP) is 3.26. The van der Waals surface area contributed by atoms with Crippen LogP contribution in [0.1, 0.15) is 23.5 Å². The summed E-state index contributed by atoms with van der Waals surface area (Å²) in [6.07, 6.45) is -5.12. The second-order valence-electron chi connectivity index (χ2n) is 7.74. The zero-order valence-corrected chi connectivity index (χ0v) is 19.3. The summed E-state index contributed by atoms with van der Waals surface area (Å²) in [5, 5.41) is 4.74. The number of hydrogen-bond acceptors (Lipinski definition) is 5. The summed E-state index contributed by atoms with van der Waals surface area (Å²) < 4.78 is 46.5. The molecule has 0 saturated heterocycles. The Balaban J connectivity index is 1.88. The molecule has 0 saturated carbocycles. The third-order valence-electron chi connectivity index (χ3n) is 5.26. The first kappa shape index (κ1) is 26.2. The summed E-state index contributed by atoms with van der Waals surface area (Å²) in [6.45, 7) is -0.128. The lowest BCUT2D eigenvalue weighted by Crippen LogP contribution is -2.30. The van der Waals surface area contributed by atoms with Gasteiger partial charge in [0.25, 0.3) is 0 Å². The van der Waals surface area contributed by atoms with Crippen LogP contribution in [0, 0.1) is 0 Å². The van der Waals surface area contributed by atoms with Crippen molar-refractivity contribution in [1.29, 1.82) is 0 Å². The van der Waals surface area contributed by atoms with E-state index in [1.165, 1.54) is 17.7 Å². The fourth-order valence-corrected chi connectivity index (χ4v) is 3.64. The molecule has 0 radical (unpaired) electrons. The summed E-state index contributed by atoms with van der Waals surface area (Å²) >= 11 is 5.93. The molecule has 1 aromatic heterocycles. The van der Waals surface area contributed by atoms with Gasteiger partial charge in [0, 0.05) is 24.1 Å². The fourth-order valence-electron chi connectivity index (χ4n) is 3.51. The van der Waals surface area contributed by atoms with Crippen LogP contribution in [0.15, 0.2) is 53.3 Å². The normalized spacial score (nSPS) is 12.5. The number of amides is 1. The molecule has 0 bridgehead atoms. The van der Waals surface area contributed by atoms with Gasteiger partial charge in [-0.15, -0.1) is 5.10 Å². The quantitative estimate of drug-likeness (QED) is 0.450. The van der Waals surface area contributed by atoms with E-state index in [0.717, 1.165) is 22.9 Å². The van der Waals surface area contributed by atoms with Gasteiger partial charge in [0.2, 0.25) is 5.91 Å². The van der Waals surface area contributed by atoms with Crippen LogP contribution < -0.4 is 11.4 Å². The number of nitrogens with two attached hydrogens (primary N) is 1. The van der Waals surface area contributed by atoms with E-state index in [1.54, 1.807) is 24.3 Å². The molecule has 0 aliphatic heterocycles. The van der Waals surface area contributed by atoms with Crippen LogP contribution in [0.25, 0.3) is 11.4 Å². The molecule has 2 N–H and O–H groups in total. The van der Waals surface area contributed by atoms with Crippen LogP contribution in [0.3, 0.4) is 0 Å². The maximum absolute atomic E-state index is 13.1. The Labute approximate surface area is 203 Å². The number of methoxy groups -OCH3 is 1. The first-order valence-corrected chi connectivity index (χ1v) is 10.8. The highest BCUT2D eigenvalue weighted by Gasteiger charge is 2.32. The summed E-state index contributed by atoms with van der Waals surface area (Å²) in [5.74, 6) is -2.59. The molecule has 35 heavy (non-hydrogen) atoms. The molecule has 2 aromatic carbocycles. The van der Waals surface area contributed by atoms with Crippen LogP contribution in [-0.2, 0) is 33.6 Å². The number of nitrogens with zero attached hydrogens (tertiary/aromatic N) is 3. The van der Waals surface area contributed by atoms with Crippen molar-refractivity contribution in [2.75, 3.05) is 13.7 Å². The Morgan fingerprint density at radius 2 is 1.86 bits per heavy atom.